The first-order chi connectivity index (χ1) is 9.63. The van der Waals surface area contributed by atoms with Gasteiger partial charge in [-0.25, -0.2) is 0 Å². The van der Waals surface area contributed by atoms with Gasteiger partial charge in [0.15, 0.2) is 0 Å². The number of esters is 1. The third-order valence-electron chi connectivity index (χ3n) is 2.39. The van der Waals surface area contributed by atoms with Gasteiger partial charge in [-0.3, -0.25) is 9.59 Å². The van der Waals surface area contributed by atoms with Gasteiger partial charge in [-0.1, -0.05) is 40.2 Å². The quantitative estimate of drug-likeness (QED) is 0.530. The highest BCUT2D eigenvalue weighted by Gasteiger charge is 2.11. The van der Waals surface area contributed by atoms with Crippen molar-refractivity contribution in [3.63, 3.8) is 0 Å². The Kier molecular flexibility index (Phi) is 4.90. The Morgan fingerprint density at radius 3 is 2.50 bits per heavy atom. The molecular weight excluding hydrogens is 322 g/mol. The molecule has 0 heterocycles. The van der Waals surface area contributed by atoms with Crippen molar-refractivity contribution in [2.75, 3.05) is 5.32 Å². The molecule has 0 bridgehead atoms. The van der Waals surface area contributed by atoms with Crippen LogP contribution in [0.1, 0.15) is 6.42 Å². The van der Waals surface area contributed by atoms with E-state index in [4.69, 9.17) is 4.74 Å². The summed E-state index contributed by atoms with van der Waals surface area (Å²) in [6, 6.07) is 15.8. The number of anilines is 1. The molecule has 102 valence electrons. The molecule has 0 aliphatic rings. The largest absolute Gasteiger partial charge is 0.426 e. The van der Waals surface area contributed by atoms with Crippen LogP contribution < -0.4 is 10.1 Å². The summed E-state index contributed by atoms with van der Waals surface area (Å²) in [5.74, 6) is -0.583. The number of hydrogen-bond acceptors (Lipinski definition) is 3. The second-order valence-electron chi connectivity index (χ2n) is 4.02. The summed E-state index contributed by atoms with van der Waals surface area (Å²) in [6.45, 7) is 0. The van der Waals surface area contributed by atoms with Gasteiger partial charge in [-0.15, -0.1) is 0 Å². The molecule has 0 saturated heterocycles. The van der Waals surface area contributed by atoms with E-state index in [0.717, 1.165) is 4.47 Å². The summed E-state index contributed by atoms with van der Waals surface area (Å²) in [7, 11) is 0. The zero-order chi connectivity index (χ0) is 14.4. The highest BCUT2D eigenvalue weighted by atomic mass is 79.9. The van der Waals surface area contributed by atoms with Crippen molar-refractivity contribution >= 4 is 33.5 Å². The van der Waals surface area contributed by atoms with Crippen molar-refractivity contribution in [2.24, 2.45) is 0 Å². The Labute approximate surface area is 124 Å². The topological polar surface area (TPSA) is 55.4 Å². The van der Waals surface area contributed by atoms with Crippen LogP contribution in [-0.2, 0) is 9.59 Å². The van der Waals surface area contributed by atoms with Gasteiger partial charge in [0.2, 0.25) is 5.91 Å². The molecule has 0 radical (unpaired) electrons. The van der Waals surface area contributed by atoms with Crippen molar-refractivity contribution in [3.8, 4) is 5.75 Å². The van der Waals surface area contributed by atoms with Crippen LogP contribution in [0.15, 0.2) is 59.1 Å². The number of rotatable bonds is 4. The van der Waals surface area contributed by atoms with Crippen LogP contribution >= 0.6 is 15.9 Å². The van der Waals surface area contributed by atoms with Gasteiger partial charge in [0, 0.05) is 10.2 Å². The Balaban J connectivity index is 1.87. The summed E-state index contributed by atoms with van der Waals surface area (Å²) < 4.78 is 5.89. The van der Waals surface area contributed by atoms with Crippen molar-refractivity contribution in [3.05, 3.63) is 59.1 Å². The highest BCUT2D eigenvalue weighted by Crippen LogP contribution is 2.16. The van der Waals surface area contributed by atoms with E-state index in [9.17, 15) is 9.59 Å². The lowest BCUT2D eigenvalue weighted by Gasteiger charge is -2.06. The predicted octanol–water partition coefficient (Wildman–Crippen LogP) is 3.38. The lowest BCUT2D eigenvalue weighted by atomic mass is 10.3. The minimum Gasteiger partial charge on any atom is -0.426 e. The SMILES string of the molecule is O=C(CC(=O)Oc1ccccc1)Nc1cccc(Br)c1. The Bertz CT molecular complexity index is 614. The fraction of sp³-hybridized carbons (Fsp3) is 0.0667. The molecule has 1 amide bonds. The van der Waals surface area contributed by atoms with Crippen molar-refractivity contribution in [2.45, 2.75) is 6.42 Å². The van der Waals surface area contributed by atoms with E-state index in [1.807, 2.05) is 12.1 Å². The lowest BCUT2D eigenvalue weighted by molar-refractivity contribution is -0.137. The highest BCUT2D eigenvalue weighted by molar-refractivity contribution is 9.10. The van der Waals surface area contributed by atoms with E-state index in [-0.39, 0.29) is 6.42 Å². The maximum atomic E-state index is 11.7. The molecule has 0 aliphatic carbocycles. The number of amides is 1. The standard InChI is InChI=1S/C15H12BrNO3/c16-11-5-4-6-12(9-11)17-14(18)10-15(19)20-13-7-2-1-3-8-13/h1-9H,10H2,(H,17,18). The van der Waals surface area contributed by atoms with E-state index >= 15 is 0 Å². The van der Waals surface area contributed by atoms with E-state index < -0.39 is 11.9 Å². The van der Waals surface area contributed by atoms with Gasteiger partial charge in [0.1, 0.15) is 12.2 Å². The lowest BCUT2D eigenvalue weighted by Crippen LogP contribution is -2.19. The fourth-order valence-corrected chi connectivity index (χ4v) is 1.96. The van der Waals surface area contributed by atoms with E-state index in [1.54, 1.807) is 42.5 Å². The normalized spacial score (nSPS) is 9.85. The minimum atomic E-state index is -0.594. The third kappa shape index (κ3) is 4.51. The van der Waals surface area contributed by atoms with Gasteiger partial charge in [-0.2, -0.15) is 0 Å². The summed E-state index contributed by atoms with van der Waals surface area (Å²) in [5, 5.41) is 2.63. The van der Waals surface area contributed by atoms with Crippen LogP contribution in [0.4, 0.5) is 5.69 Å². The summed E-state index contributed by atoms with van der Waals surface area (Å²) in [5.41, 5.74) is 0.622. The van der Waals surface area contributed by atoms with E-state index in [0.29, 0.717) is 11.4 Å². The molecule has 0 aromatic heterocycles. The Morgan fingerprint density at radius 1 is 1.05 bits per heavy atom. The second-order valence-corrected chi connectivity index (χ2v) is 4.94. The zero-order valence-corrected chi connectivity index (χ0v) is 12.1. The van der Waals surface area contributed by atoms with Crippen LogP contribution in [0.25, 0.3) is 0 Å². The number of halogens is 1. The first kappa shape index (κ1) is 14.3. The number of carbonyl (C=O) groups excluding carboxylic acids is 2. The molecular formula is C15H12BrNO3. The zero-order valence-electron chi connectivity index (χ0n) is 10.5. The number of carbonyl (C=O) groups is 2. The van der Waals surface area contributed by atoms with Crippen LogP contribution in [0.5, 0.6) is 5.75 Å². The molecule has 20 heavy (non-hydrogen) atoms. The number of para-hydroxylation sites is 1. The number of hydrogen-bond donors (Lipinski definition) is 1. The monoisotopic (exact) mass is 333 g/mol. The molecule has 5 heteroatoms. The third-order valence-corrected chi connectivity index (χ3v) is 2.88. The van der Waals surface area contributed by atoms with Crippen molar-refractivity contribution in [1.29, 1.82) is 0 Å². The summed E-state index contributed by atoms with van der Waals surface area (Å²) in [4.78, 5) is 23.3. The Hall–Kier alpha value is -2.14. The number of ether oxygens (including phenoxy) is 1. The minimum absolute atomic E-state index is 0.332. The molecule has 0 fully saturated rings. The molecule has 0 aliphatic heterocycles. The molecule has 0 unspecified atom stereocenters. The molecule has 1 N–H and O–H groups in total. The smallest absolute Gasteiger partial charge is 0.320 e. The molecule has 2 rings (SSSR count). The predicted molar refractivity (Wildman–Crippen MR) is 79.5 cm³/mol. The van der Waals surface area contributed by atoms with Crippen molar-refractivity contribution in [1.82, 2.24) is 0 Å². The van der Waals surface area contributed by atoms with Crippen LogP contribution in [0.3, 0.4) is 0 Å². The van der Waals surface area contributed by atoms with Gasteiger partial charge in [-0.05, 0) is 30.3 Å². The first-order valence-electron chi connectivity index (χ1n) is 5.94. The molecule has 2 aromatic rings. The first-order valence-corrected chi connectivity index (χ1v) is 6.74. The van der Waals surface area contributed by atoms with Crippen LogP contribution in [0, 0.1) is 0 Å². The second kappa shape index (κ2) is 6.86. The summed E-state index contributed by atoms with van der Waals surface area (Å²) in [6.07, 6.45) is -0.332. The maximum Gasteiger partial charge on any atom is 0.320 e. The number of nitrogens with one attached hydrogen (secondary N) is 1. The Morgan fingerprint density at radius 2 is 1.80 bits per heavy atom. The summed E-state index contributed by atoms with van der Waals surface area (Å²) >= 11 is 3.30. The molecule has 0 atom stereocenters. The maximum absolute atomic E-state index is 11.7. The van der Waals surface area contributed by atoms with Crippen LogP contribution in [0.2, 0.25) is 0 Å². The van der Waals surface area contributed by atoms with Gasteiger partial charge in [0.05, 0.1) is 0 Å². The van der Waals surface area contributed by atoms with Crippen LogP contribution in [-0.4, -0.2) is 11.9 Å². The number of benzene rings is 2. The average Bonchev–Trinajstić information content (AvgIpc) is 2.39. The van der Waals surface area contributed by atoms with Crippen molar-refractivity contribution < 1.29 is 14.3 Å². The average molecular weight is 334 g/mol. The molecule has 2 aromatic carbocycles. The van der Waals surface area contributed by atoms with Gasteiger partial charge < -0.3 is 10.1 Å². The molecule has 0 spiro atoms. The van der Waals surface area contributed by atoms with E-state index in [2.05, 4.69) is 21.2 Å². The molecule has 0 saturated carbocycles. The van der Waals surface area contributed by atoms with Gasteiger partial charge in [0.25, 0.3) is 0 Å². The molecule has 4 nitrogen and oxygen atoms in total. The van der Waals surface area contributed by atoms with Gasteiger partial charge >= 0.3 is 5.97 Å². The fourth-order valence-electron chi connectivity index (χ4n) is 1.56. The van der Waals surface area contributed by atoms with E-state index in [1.165, 1.54) is 0 Å².